The molecule has 0 saturated heterocycles. The van der Waals surface area contributed by atoms with Crippen LogP contribution in [0.4, 0.5) is 0 Å². The average Bonchev–Trinajstić information content (AvgIpc) is 2.42. The molecule has 112 valence electrons. The maximum atomic E-state index is 10.2. The molecule has 0 spiro atoms. The van der Waals surface area contributed by atoms with Crippen molar-refractivity contribution in [3.8, 4) is 0 Å². The zero-order valence-electron chi connectivity index (χ0n) is 12.4. The Bertz CT molecular complexity index is 433. The minimum absolute atomic E-state index is 0.121. The van der Waals surface area contributed by atoms with Gasteiger partial charge in [0.05, 0.1) is 12.2 Å². The molecule has 0 aromatic heterocycles. The van der Waals surface area contributed by atoms with Crippen LogP contribution in [0.1, 0.15) is 38.9 Å². The summed E-state index contributed by atoms with van der Waals surface area (Å²) >= 11 is 5.85. The van der Waals surface area contributed by atoms with E-state index in [1.165, 1.54) is 0 Å². The van der Waals surface area contributed by atoms with E-state index in [9.17, 15) is 5.11 Å². The van der Waals surface area contributed by atoms with Gasteiger partial charge in [0.25, 0.3) is 0 Å². The van der Waals surface area contributed by atoms with Crippen molar-refractivity contribution in [2.45, 2.75) is 45.4 Å². The van der Waals surface area contributed by atoms with E-state index in [2.05, 4.69) is 19.2 Å². The molecule has 0 radical (unpaired) electrons. The smallest absolute Gasteiger partial charge is 0.0914 e. The quantitative estimate of drug-likeness (QED) is 0.847. The number of halogens is 1. The highest BCUT2D eigenvalue weighted by molar-refractivity contribution is 6.30. The van der Waals surface area contributed by atoms with E-state index in [1.54, 1.807) is 12.1 Å². The van der Waals surface area contributed by atoms with Gasteiger partial charge in [-0.1, -0.05) is 37.6 Å². The fourth-order valence-corrected chi connectivity index (χ4v) is 2.90. The van der Waals surface area contributed by atoms with Gasteiger partial charge in [0.15, 0.2) is 0 Å². The molecule has 1 aromatic carbocycles. The molecular formula is C16H24ClNO2. The van der Waals surface area contributed by atoms with E-state index in [4.69, 9.17) is 16.3 Å². The SMILES string of the molecule is CCOC1CC(NCC(O)c2ccc(Cl)cc2)C1(C)C. The van der Waals surface area contributed by atoms with E-state index in [0.29, 0.717) is 23.7 Å². The summed E-state index contributed by atoms with van der Waals surface area (Å²) in [5.74, 6) is 0. The van der Waals surface area contributed by atoms with E-state index in [0.717, 1.165) is 18.6 Å². The Morgan fingerprint density at radius 3 is 2.60 bits per heavy atom. The number of ether oxygens (including phenoxy) is 1. The van der Waals surface area contributed by atoms with E-state index in [1.807, 2.05) is 19.1 Å². The number of hydrogen-bond donors (Lipinski definition) is 2. The third-order valence-electron chi connectivity index (χ3n) is 4.36. The number of benzene rings is 1. The zero-order chi connectivity index (χ0) is 14.8. The Hall–Kier alpha value is -0.610. The molecule has 0 amide bonds. The van der Waals surface area contributed by atoms with Crippen molar-refractivity contribution in [2.24, 2.45) is 5.41 Å². The number of nitrogens with one attached hydrogen (secondary N) is 1. The van der Waals surface area contributed by atoms with Crippen LogP contribution >= 0.6 is 11.6 Å². The van der Waals surface area contributed by atoms with Gasteiger partial charge in [0.1, 0.15) is 0 Å². The molecule has 1 aromatic rings. The number of hydrogen-bond acceptors (Lipinski definition) is 3. The van der Waals surface area contributed by atoms with Crippen molar-refractivity contribution in [1.29, 1.82) is 0 Å². The normalized spacial score (nSPS) is 26.1. The highest BCUT2D eigenvalue weighted by Gasteiger charge is 2.48. The molecular weight excluding hydrogens is 274 g/mol. The molecule has 0 bridgehead atoms. The number of aliphatic hydroxyl groups is 1. The summed E-state index contributed by atoms with van der Waals surface area (Å²) in [6, 6.07) is 7.73. The predicted octanol–water partition coefficient (Wildman–Crippen LogP) is 3.17. The molecule has 0 aliphatic heterocycles. The van der Waals surface area contributed by atoms with Gasteiger partial charge < -0.3 is 15.2 Å². The van der Waals surface area contributed by atoms with Crippen LogP contribution in [0.3, 0.4) is 0 Å². The summed E-state index contributed by atoms with van der Waals surface area (Å²) in [7, 11) is 0. The standard InChI is InChI=1S/C16H24ClNO2/c1-4-20-15-9-14(16(15,2)3)18-10-13(19)11-5-7-12(17)8-6-11/h5-8,13-15,18-19H,4,9-10H2,1-3H3. The minimum Gasteiger partial charge on any atom is -0.387 e. The molecule has 3 atom stereocenters. The first-order valence-electron chi connectivity index (χ1n) is 7.23. The summed E-state index contributed by atoms with van der Waals surface area (Å²) in [6.45, 7) is 7.76. The van der Waals surface area contributed by atoms with Crippen LogP contribution in [0.25, 0.3) is 0 Å². The van der Waals surface area contributed by atoms with Gasteiger partial charge in [-0.2, -0.15) is 0 Å². The second-order valence-electron chi connectivity index (χ2n) is 6.03. The summed E-state index contributed by atoms with van der Waals surface area (Å²) in [5.41, 5.74) is 1.01. The van der Waals surface area contributed by atoms with Crippen molar-refractivity contribution in [1.82, 2.24) is 5.32 Å². The molecule has 1 saturated carbocycles. The van der Waals surface area contributed by atoms with Crippen molar-refractivity contribution >= 4 is 11.6 Å². The van der Waals surface area contributed by atoms with E-state index < -0.39 is 6.10 Å². The number of rotatable bonds is 6. The lowest BCUT2D eigenvalue weighted by molar-refractivity contribution is -0.115. The minimum atomic E-state index is -0.505. The van der Waals surface area contributed by atoms with Crippen LogP contribution < -0.4 is 5.32 Å². The van der Waals surface area contributed by atoms with Gasteiger partial charge in [-0.05, 0) is 31.0 Å². The maximum absolute atomic E-state index is 10.2. The first-order valence-corrected chi connectivity index (χ1v) is 7.61. The Kier molecular flexibility index (Phi) is 5.08. The summed E-state index contributed by atoms with van der Waals surface area (Å²) in [6.07, 6.45) is 0.820. The van der Waals surface area contributed by atoms with Crippen LogP contribution in [0.5, 0.6) is 0 Å². The Balaban J connectivity index is 1.83. The Labute approximate surface area is 126 Å². The van der Waals surface area contributed by atoms with Crippen LogP contribution in [0.2, 0.25) is 5.02 Å². The topological polar surface area (TPSA) is 41.5 Å². The van der Waals surface area contributed by atoms with Crippen LogP contribution in [-0.2, 0) is 4.74 Å². The van der Waals surface area contributed by atoms with Crippen LogP contribution in [0, 0.1) is 5.41 Å². The number of aliphatic hydroxyl groups excluding tert-OH is 1. The largest absolute Gasteiger partial charge is 0.387 e. The molecule has 3 nitrogen and oxygen atoms in total. The Morgan fingerprint density at radius 2 is 2.05 bits per heavy atom. The third-order valence-corrected chi connectivity index (χ3v) is 4.61. The lowest BCUT2D eigenvalue weighted by Crippen LogP contribution is -2.61. The molecule has 1 aliphatic carbocycles. The molecule has 2 N–H and O–H groups in total. The van der Waals surface area contributed by atoms with Crippen molar-refractivity contribution < 1.29 is 9.84 Å². The Morgan fingerprint density at radius 1 is 1.40 bits per heavy atom. The monoisotopic (exact) mass is 297 g/mol. The molecule has 2 rings (SSSR count). The average molecular weight is 298 g/mol. The summed E-state index contributed by atoms with van der Waals surface area (Å²) in [4.78, 5) is 0. The van der Waals surface area contributed by atoms with Gasteiger partial charge in [0.2, 0.25) is 0 Å². The fourth-order valence-electron chi connectivity index (χ4n) is 2.77. The van der Waals surface area contributed by atoms with Crippen LogP contribution in [-0.4, -0.2) is 30.4 Å². The van der Waals surface area contributed by atoms with Gasteiger partial charge in [-0.25, -0.2) is 0 Å². The van der Waals surface area contributed by atoms with Crippen molar-refractivity contribution in [2.75, 3.05) is 13.2 Å². The highest BCUT2D eigenvalue weighted by Crippen LogP contribution is 2.42. The molecule has 1 aliphatic rings. The molecule has 20 heavy (non-hydrogen) atoms. The maximum Gasteiger partial charge on any atom is 0.0914 e. The molecule has 1 fully saturated rings. The third kappa shape index (κ3) is 3.34. The highest BCUT2D eigenvalue weighted by atomic mass is 35.5. The van der Waals surface area contributed by atoms with E-state index >= 15 is 0 Å². The fraction of sp³-hybridized carbons (Fsp3) is 0.625. The lowest BCUT2D eigenvalue weighted by Gasteiger charge is -2.52. The molecule has 4 heteroatoms. The molecule has 0 heterocycles. The van der Waals surface area contributed by atoms with Crippen LogP contribution in [0.15, 0.2) is 24.3 Å². The van der Waals surface area contributed by atoms with Gasteiger partial charge in [0, 0.05) is 29.6 Å². The molecule has 3 unspecified atom stereocenters. The van der Waals surface area contributed by atoms with Crippen molar-refractivity contribution in [3.63, 3.8) is 0 Å². The first kappa shape index (κ1) is 15.8. The second kappa shape index (κ2) is 6.44. The van der Waals surface area contributed by atoms with Gasteiger partial charge in [-0.3, -0.25) is 0 Å². The zero-order valence-corrected chi connectivity index (χ0v) is 13.2. The van der Waals surface area contributed by atoms with Gasteiger partial charge in [-0.15, -0.1) is 0 Å². The lowest BCUT2D eigenvalue weighted by atomic mass is 9.64. The second-order valence-corrected chi connectivity index (χ2v) is 6.47. The summed E-state index contributed by atoms with van der Waals surface area (Å²) < 4.78 is 5.71. The summed E-state index contributed by atoms with van der Waals surface area (Å²) in [5, 5.41) is 14.3. The first-order chi connectivity index (χ1) is 9.45. The van der Waals surface area contributed by atoms with Crippen molar-refractivity contribution in [3.05, 3.63) is 34.9 Å². The predicted molar refractivity (Wildman–Crippen MR) is 82.0 cm³/mol. The van der Waals surface area contributed by atoms with E-state index in [-0.39, 0.29) is 5.41 Å². The van der Waals surface area contributed by atoms with Gasteiger partial charge >= 0.3 is 0 Å².